The first-order valence-corrected chi connectivity index (χ1v) is 6.58. The second-order valence-electron chi connectivity index (χ2n) is 4.83. The maximum absolute atomic E-state index is 12.0. The summed E-state index contributed by atoms with van der Waals surface area (Å²) in [6, 6.07) is 9.60. The molecule has 2 atom stereocenters. The van der Waals surface area contributed by atoms with E-state index in [1.54, 1.807) is 0 Å². The van der Waals surface area contributed by atoms with E-state index >= 15 is 0 Å². The van der Waals surface area contributed by atoms with Gasteiger partial charge in [-0.1, -0.05) is 30.3 Å². The summed E-state index contributed by atoms with van der Waals surface area (Å²) in [5.41, 5.74) is 0.984. The molecule has 0 aromatic heterocycles. The summed E-state index contributed by atoms with van der Waals surface area (Å²) in [6.07, 6.45) is 1.41. The number of carboxylic acid groups (broad SMARTS) is 1. The fourth-order valence-electron chi connectivity index (χ4n) is 1.89. The smallest absolute Gasteiger partial charge is 0.303 e. The van der Waals surface area contributed by atoms with E-state index in [4.69, 9.17) is 5.11 Å². The predicted octanol–water partition coefficient (Wildman–Crippen LogP) is 2.55. The van der Waals surface area contributed by atoms with E-state index in [9.17, 15) is 9.59 Å². The zero-order valence-electron chi connectivity index (χ0n) is 11.4. The molecule has 0 aliphatic heterocycles. The van der Waals surface area contributed by atoms with Crippen LogP contribution in [-0.2, 0) is 9.59 Å². The lowest BCUT2D eigenvalue weighted by Crippen LogP contribution is -2.35. The topological polar surface area (TPSA) is 66.4 Å². The van der Waals surface area contributed by atoms with Crippen LogP contribution in [0.4, 0.5) is 0 Å². The van der Waals surface area contributed by atoms with Crippen molar-refractivity contribution >= 4 is 11.9 Å². The second kappa shape index (κ2) is 7.56. The summed E-state index contributed by atoms with van der Waals surface area (Å²) in [5.74, 6) is -1.01. The molecule has 1 amide bonds. The largest absolute Gasteiger partial charge is 0.481 e. The lowest BCUT2D eigenvalue weighted by Gasteiger charge is -2.17. The van der Waals surface area contributed by atoms with Crippen LogP contribution in [-0.4, -0.2) is 23.0 Å². The maximum Gasteiger partial charge on any atom is 0.303 e. The highest BCUT2D eigenvalue weighted by molar-refractivity contribution is 5.83. The van der Waals surface area contributed by atoms with Gasteiger partial charge in [-0.05, 0) is 32.3 Å². The average Bonchev–Trinajstić information content (AvgIpc) is 2.38. The third-order valence-electron chi connectivity index (χ3n) is 3.11. The molecule has 4 heteroatoms. The number of rotatable bonds is 7. The minimum Gasteiger partial charge on any atom is -0.481 e. The first kappa shape index (κ1) is 15.2. The van der Waals surface area contributed by atoms with E-state index in [2.05, 4.69) is 5.32 Å². The Labute approximate surface area is 113 Å². The van der Waals surface area contributed by atoms with E-state index < -0.39 is 5.97 Å². The summed E-state index contributed by atoms with van der Waals surface area (Å²) in [4.78, 5) is 22.4. The highest BCUT2D eigenvalue weighted by Gasteiger charge is 2.16. The number of hydrogen-bond donors (Lipinski definition) is 2. The standard InChI is InChI=1S/C15H21NO3/c1-11(7-6-10-14(17)18)16-15(19)12(2)13-8-4-3-5-9-13/h3-5,8-9,11-12H,6-7,10H2,1-2H3,(H,16,19)(H,17,18). The van der Waals surface area contributed by atoms with Crippen molar-refractivity contribution in [2.75, 3.05) is 0 Å². The van der Waals surface area contributed by atoms with Crippen LogP contribution >= 0.6 is 0 Å². The Kier molecular flexibility index (Phi) is 6.06. The summed E-state index contributed by atoms with van der Waals surface area (Å²) < 4.78 is 0. The molecule has 1 rings (SSSR count). The number of amides is 1. The van der Waals surface area contributed by atoms with Crippen LogP contribution in [0, 0.1) is 0 Å². The Balaban J connectivity index is 2.39. The van der Waals surface area contributed by atoms with E-state index in [1.807, 2.05) is 44.2 Å². The molecule has 2 N–H and O–H groups in total. The minimum absolute atomic E-state index is 0.00184. The van der Waals surface area contributed by atoms with Crippen LogP contribution < -0.4 is 5.32 Å². The highest BCUT2D eigenvalue weighted by Crippen LogP contribution is 2.15. The Morgan fingerprint density at radius 3 is 2.42 bits per heavy atom. The molecular formula is C15H21NO3. The molecule has 0 spiro atoms. The van der Waals surface area contributed by atoms with E-state index in [0.717, 1.165) is 5.56 Å². The van der Waals surface area contributed by atoms with Crippen molar-refractivity contribution in [1.82, 2.24) is 5.32 Å². The molecule has 0 radical (unpaired) electrons. The lowest BCUT2D eigenvalue weighted by molar-refractivity contribution is -0.137. The van der Waals surface area contributed by atoms with Gasteiger partial charge in [0.2, 0.25) is 5.91 Å². The third kappa shape index (κ3) is 5.55. The van der Waals surface area contributed by atoms with E-state index in [-0.39, 0.29) is 24.3 Å². The SMILES string of the molecule is CC(CCCC(=O)O)NC(=O)C(C)c1ccccc1. The number of carboxylic acids is 1. The molecular weight excluding hydrogens is 242 g/mol. The van der Waals surface area contributed by atoms with Gasteiger partial charge in [0, 0.05) is 12.5 Å². The number of carbonyl (C=O) groups is 2. The van der Waals surface area contributed by atoms with Crippen LogP contribution in [0.15, 0.2) is 30.3 Å². The van der Waals surface area contributed by atoms with Gasteiger partial charge in [0.05, 0.1) is 5.92 Å². The molecule has 104 valence electrons. The molecule has 1 aromatic rings. The van der Waals surface area contributed by atoms with Gasteiger partial charge in [-0.15, -0.1) is 0 Å². The van der Waals surface area contributed by atoms with Crippen molar-refractivity contribution in [2.45, 2.75) is 45.1 Å². The summed E-state index contributed by atoms with van der Waals surface area (Å²) >= 11 is 0. The normalized spacial score (nSPS) is 13.6. The van der Waals surface area contributed by atoms with Crippen molar-refractivity contribution in [3.05, 3.63) is 35.9 Å². The molecule has 2 unspecified atom stereocenters. The monoisotopic (exact) mass is 263 g/mol. The van der Waals surface area contributed by atoms with Crippen molar-refractivity contribution in [1.29, 1.82) is 0 Å². The molecule has 0 aliphatic rings. The molecule has 0 saturated carbocycles. The Morgan fingerprint density at radius 2 is 1.84 bits per heavy atom. The van der Waals surface area contributed by atoms with Gasteiger partial charge in [0.25, 0.3) is 0 Å². The maximum atomic E-state index is 12.0. The lowest BCUT2D eigenvalue weighted by atomic mass is 10.00. The molecule has 0 heterocycles. The number of hydrogen-bond acceptors (Lipinski definition) is 2. The molecule has 0 aliphatic carbocycles. The van der Waals surface area contributed by atoms with E-state index in [0.29, 0.717) is 12.8 Å². The fraction of sp³-hybridized carbons (Fsp3) is 0.467. The van der Waals surface area contributed by atoms with Crippen LogP contribution in [0.5, 0.6) is 0 Å². The quantitative estimate of drug-likeness (QED) is 0.794. The predicted molar refractivity (Wildman–Crippen MR) is 73.9 cm³/mol. The van der Waals surface area contributed by atoms with Gasteiger partial charge < -0.3 is 10.4 Å². The van der Waals surface area contributed by atoms with Crippen LogP contribution in [0.2, 0.25) is 0 Å². The van der Waals surface area contributed by atoms with Crippen molar-refractivity contribution in [3.8, 4) is 0 Å². The fourth-order valence-corrected chi connectivity index (χ4v) is 1.89. The van der Waals surface area contributed by atoms with E-state index in [1.165, 1.54) is 0 Å². The van der Waals surface area contributed by atoms with Gasteiger partial charge >= 0.3 is 5.97 Å². The summed E-state index contributed by atoms with van der Waals surface area (Å²) in [7, 11) is 0. The van der Waals surface area contributed by atoms with Crippen molar-refractivity contribution < 1.29 is 14.7 Å². The Morgan fingerprint density at radius 1 is 1.21 bits per heavy atom. The van der Waals surface area contributed by atoms with Crippen LogP contribution in [0.1, 0.15) is 44.6 Å². The number of benzene rings is 1. The molecule has 1 aromatic carbocycles. The van der Waals surface area contributed by atoms with Crippen LogP contribution in [0.25, 0.3) is 0 Å². The van der Waals surface area contributed by atoms with Crippen molar-refractivity contribution in [3.63, 3.8) is 0 Å². The molecule has 0 saturated heterocycles. The molecule has 0 fully saturated rings. The Bertz CT molecular complexity index is 417. The molecule has 4 nitrogen and oxygen atoms in total. The minimum atomic E-state index is -0.795. The van der Waals surface area contributed by atoms with Gasteiger partial charge in [0.15, 0.2) is 0 Å². The number of carbonyl (C=O) groups excluding carboxylic acids is 1. The highest BCUT2D eigenvalue weighted by atomic mass is 16.4. The second-order valence-corrected chi connectivity index (χ2v) is 4.83. The van der Waals surface area contributed by atoms with Gasteiger partial charge in [-0.3, -0.25) is 9.59 Å². The van der Waals surface area contributed by atoms with Crippen LogP contribution in [0.3, 0.4) is 0 Å². The third-order valence-corrected chi connectivity index (χ3v) is 3.11. The summed E-state index contributed by atoms with van der Waals surface area (Å²) in [6.45, 7) is 3.77. The zero-order valence-corrected chi connectivity index (χ0v) is 11.4. The first-order valence-electron chi connectivity index (χ1n) is 6.58. The summed E-state index contributed by atoms with van der Waals surface area (Å²) in [5, 5.41) is 11.5. The molecule has 19 heavy (non-hydrogen) atoms. The Hall–Kier alpha value is -1.84. The number of aliphatic carboxylic acids is 1. The van der Waals surface area contributed by atoms with Crippen molar-refractivity contribution in [2.24, 2.45) is 0 Å². The van der Waals surface area contributed by atoms with Gasteiger partial charge in [-0.2, -0.15) is 0 Å². The van der Waals surface area contributed by atoms with Gasteiger partial charge in [0.1, 0.15) is 0 Å². The molecule has 0 bridgehead atoms. The first-order chi connectivity index (χ1) is 9.00. The zero-order chi connectivity index (χ0) is 14.3. The van der Waals surface area contributed by atoms with Gasteiger partial charge in [-0.25, -0.2) is 0 Å². The number of nitrogens with one attached hydrogen (secondary N) is 1. The average molecular weight is 263 g/mol.